The molecule has 0 saturated heterocycles. The van der Waals surface area contributed by atoms with Gasteiger partial charge in [0, 0.05) is 5.56 Å². The fourth-order valence-electron chi connectivity index (χ4n) is 2.01. The zero-order valence-corrected chi connectivity index (χ0v) is 12.2. The molecule has 0 unspecified atom stereocenters. The van der Waals surface area contributed by atoms with Crippen LogP contribution in [0.5, 0.6) is 5.75 Å². The van der Waals surface area contributed by atoms with Crippen LogP contribution in [0.15, 0.2) is 18.3 Å². The van der Waals surface area contributed by atoms with E-state index < -0.39 is 0 Å². The van der Waals surface area contributed by atoms with Gasteiger partial charge in [0.15, 0.2) is 0 Å². The zero-order valence-electron chi connectivity index (χ0n) is 11.4. The molecule has 0 radical (unpaired) electrons. The first-order valence-corrected chi connectivity index (χ1v) is 6.45. The topological polar surface area (TPSA) is 47.9 Å². The molecule has 100 valence electrons. The minimum atomic E-state index is 0.152. The smallest absolute Gasteiger partial charge is 0.243 e. The van der Waals surface area contributed by atoms with E-state index in [1.807, 2.05) is 13.0 Å². The van der Waals surface area contributed by atoms with Gasteiger partial charge in [-0.05, 0) is 47.7 Å². The first kappa shape index (κ1) is 13.7. The van der Waals surface area contributed by atoms with Crippen molar-refractivity contribution in [2.45, 2.75) is 26.7 Å². The Labute approximate surface area is 117 Å². The molecule has 1 aromatic heterocycles. The van der Waals surface area contributed by atoms with Crippen molar-refractivity contribution in [1.82, 2.24) is 15.2 Å². The van der Waals surface area contributed by atoms with Crippen molar-refractivity contribution in [1.29, 1.82) is 0 Å². The zero-order chi connectivity index (χ0) is 14.0. The maximum absolute atomic E-state index is 5.80. The summed E-state index contributed by atoms with van der Waals surface area (Å²) in [5, 5.41) is 7.66. The van der Waals surface area contributed by atoms with E-state index in [0.29, 0.717) is 5.92 Å². The molecule has 4 nitrogen and oxygen atoms in total. The van der Waals surface area contributed by atoms with Crippen molar-refractivity contribution in [3.05, 3.63) is 34.7 Å². The first-order chi connectivity index (χ1) is 9.02. The highest BCUT2D eigenvalue weighted by Gasteiger charge is 2.13. The molecule has 2 rings (SSSR count). The van der Waals surface area contributed by atoms with Crippen LogP contribution >= 0.6 is 11.6 Å². The van der Waals surface area contributed by atoms with E-state index in [4.69, 9.17) is 16.3 Å². The molecule has 0 aliphatic rings. The van der Waals surface area contributed by atoms with Gasteiger partial charge in [-0.25, -0.2) is 4.98 Å². The summed E-state index contributed by atoms with van der Waals surface area (Å²) >= 11 is 5.80. The second-order valence-electron chi connectivity index (χ2n) is 4.67. The van der Waals surface area contributed by atoms with Crippen molar-refractivity contribution in [3.8, 4) is 17.0 Å². The van der Waals surface area contributed by atoms with Crippen molar-refractivity contribution < 1.29 is 4.74 Å². The Bertz CT molecular complexity index is 599. The van der Waals surface area contributed by atoms with Crippen LogP contribution in [0.4, 0.5) is 0 Å². The molecule has 19 heavy (non-hydrogen) atoms. The number of hydrogen-bond donors (Lipinski definition) is 0. The van der Waals surface area contributed by atoms with Gasteiger partial charge in [-0.3, -0.25) is 0 Å². The molecule has 5 heteroatoms. The van der Waals surface area contributed by atoms with E-state index in [1.165, 1.54) is 0 Å². The van der Waals surface area contributed by atoms with Gasteiger partial charge in [0.2, 0.25) is 5.28 Å². The number of halogens is 1. The predicted octanol–water partition coefficient (Wildman–Crippen LogP) is 3.63. The standard InChI is InChI=1S/C14H16ClN3O/c1-8(2)10-6-11(9(3)5-13(10)19-4)12-7-16-18-14(15)17-12/h5-8H,1-4H3. The lowest BCUT2D eigenvalue weighted by Gasteiger charge is -2.15. The third-order valence-corrected chi connectivity index (χ3v) is 3.17. The SMILES string of the molecule is COc1cc(C)c(-c2cnnc(Cl)n2)cc1C(C)C. The molecule has 0 amide bonds. The number of ether oxygens (including phenoxy) is 1. The van der Waals surface area contributed by atoms with Crippen LogP contribution < -0.4 is 4.74 Å². The summed E-state index contributed by atoms with van der Waals surface area (Å²) in [6.45, 7) is 6.27. The second-order valence-corrected chi connectivity index (χ2v) is 5.01. The lowest BCUT2D eigenvalue weighted by Crippen LogP contribution is -1.99. The van der Waals surface area contributed by atoms with Gasteiger partial charge in [0.05, 0.1) is 19.0 Å². The fourth-order valence-corrected chi connectivity index (χ4v) is 2.15. The summed E-state index contributed by atoms with van der Waals surface area (Å²) in [7, 11) is 1.68. The predicted molar refractivity (Wildman–Crippen MR) is 75.7 cm³/mol. The Morgan fingerprint density at radius 1 is 1.26 bits per heavy atom. The Kier molecular flexibility index (Phi) is 4.00. The highest BCUT2D eigenvalue weighted by molar-refractivity contribution is 6.28. The molecule has 1 aromatic carbocycles. The summed E-state index contributed by atoms with van der Waals surface area (Å²) < 4.78 is 5.43. The molecular weight excluding hydrogens is 262 g/mol. The third kappa shape index (κ3) is 2.84. The van der Waals surface area contributed by atoms with E-state index in [2.05, 4.69) is 35.1 Å². The van der Waals surface area contributed by atoms with Gasteiger partial charge >= 0.3 is 0 Å². The number of methoxy groups -OCH3 is 1. The van der Waals surface area contributed by atoms with E-state index in [9.17, 15) is 0 Å². The molecular formula is C14H16ClN3O. The molecule has 0 aliphatic carbocycles. The fraction of sp³-hybridized carbons (Fsp3) is 0.357. The lowest BCUT2D eigenvalue weighted by molar-refractivity contribution is 0.407. The summed E-state index contributed by atoms with van der Waals surface area (Å²) in [5.74, 6) is 1.25. The second kappa shape index (κ2) is 5.53. The van der Waals surface area contributed by atoms with Crippen LogP contribution in [0.25, 0.3) is 11.3 Å². The van der Waals surface area contributed by atoms with Gasteiger partial charge in [-0.1, -0.05) is 13.8 Å². The molecule has 0 fully saturated rings. The van der Waals surface area contributed by atoms with Crippen molar-refractivity contribution in [3.63, 3.8) is 0 Å². The van der Waals surface area contributed by atoms with Crippen LogP contribution in [0.2, 0.25) is 5.28 Å². The van der Waals surface area contributed by atoms with Crippen LogP contribution in [-0.2, 0) is 0 Å². The van der Waals surface area contributed by atoms with Crippen LogP contribution in [0.1, 0.15) is 30.9 Å². The summed E-state index contributed by atoms with van der Waals surface area (Å²) in [4.78, 5) is 4.21. The Morgan fingerprint density at radius 3 is 2.58 bits per heavy atom. The Morgan fingerprint density at radius 2 is 2.00 bits per heavy atom. The summed E-state index contributed by atoms with van der Waals surface area (Å²) in [5.41, 5.74) is 3.93. The number of nitrogens with zero attached hydrogens (tertiary/aromatic N) is 3. The number of aryl methyl sites for hydroxylation is 1. The molecule has 2 aromatic rings. The average Bonchev–Trinajstić information content (AvgIpc) is 2.37. The lowest BCUT2D eigenvalue weighted by atomic mass is 9.95. The monoisotopic (exact) mass is 277 g/mol. The minimum Gasteiger partial charge on any atom is -0.496 e. The average molecular weight is 278 g/mol. The molecule has 1 heterocycles. The van der Waals surface area contributed by atoms with E-state index in [1.54, 1.807) is 13.3 Å². The quantitative estimate of drug-likeness (QED) is 0.859. The van der Waals surface area contributed by atoms with Gasteiger partial charge < -0.3 is 4.74 Å². The van der Waals surface area contributed by atoms with Crippen LogP contribution in [-0.4, -0.2) is 22.3 Å². The van der Waals surface area contributed by atoms with E-state index >= 15 is 0 Å². The van der Waals surface area contributed by atoms with E-state index in [-0.39, 0.29) is 5.28 Å². The summed E-state index contributed by atoms with van der Waals surface area (Å²) in [6, 6.07) is 4.10. The largest absolute Gasteiger partial charge is 0.496 e. The molecule has 0 N–H and O–H groups in total. The van der Waals surface area contributed by atoms with E-state index in [0.717, 1.165) is 28.1 Å². The number of benzene rings is 1. The van der Waals surface area contributed by atoms with Gasteiger partial charge in [0.1, 0.15) is 5.75 Å². The third-order valence-electron chi connectivity index (χ3n) is 3.01. The van der Waals surface area contributed by atoms with Crippen molar-refractivity contribution >= 4 is 11.6 Å². The highest BCUT2D eigenvalue weighted by Crippen LogP contribution is 2.33. The van der Waals surface area contributed by atoms with Gasteiger partial charge in [0.25, 0.3) is 0 Å². The molecule has 0 bridgehead atoms. The Balaban J connectivity index is 2.61. The van der Waals surface area contributed by atoms with Crippen molar-refractivity contribution in [2.24, 2.45) is 0 Å². The number of hydrogen-bond acceptors (Lipinski definition) is 4. The normalized spacial score (nSPS) is 10.8. The molecule has 0 spiro atoms. The number of rotatable bonds is 3. The van der Waals surface area contributed by atoms with Crippen molar-refractivity contribution in [2.75, 3.05) is 7.11 Å². The van der Waals surface area contributed by atoms with Crippen LogP contribution in [0, 0.1) is 6.92 Å². The Hall–Kier alpha value is -1.68. The van der Waals surface area contributed by atoms with Gasteiger partial charge in [-0.15, -0.1) is 5.10 Å². The van der Waals surface area contributed by atoms with Gasteiger partial charge in [-0.2, -0.15) is 5.10 Å². The molecule has 0 aliphatic heterocycles. The first-order valence-electron chi connectivity index (χ1n) is 6.07. The maximum Gasteiger partial charge on any atom is 0.243 e. The highest BCUT2D eigenvalue weighted by atomic mass is 35.5. The van der Waals surface area contributed by atoms with Crippen LogP contribution in [0.3, 0.4) is 0 Å². The molecule has 0 saturated carbocycles. The maximum atomic E-state index is 5.80. The number of aromatic nitrogens is 3. The molecule has 0 atom stereocenters. The minimum absolute atomic E-state index is 0.152. The summed E-state index contributed by atoms with van der Waals surface area (Å²) in [6.07, 6.45) is 1.62.